The summed E-state index contributed by atoms with van der Waals surface area (Å²) < 4.78 is 0. The van der Waals surface area contributed by atoms with Gasteiger partial charge in [0.05, 0.1) is 5.54 Å². The average molecular weight is 247 g/mol. The molecule has 0 aliphatic heterocycles. The first-order valence-electron chi connectivity index (χ1n) is 6.06. The normalized spacial score (nSPS) is 17.1. The molecule has 5 nitrogen and oxygen atoms in total. The third-order valence-electron chi connectivity index (χ3n) is 3.37. The van der Waals surface area contributed by atoms with Crippen molar-refractivity contribution < 1.29 is 9.59 Å². The van der Waals surface area contributed by atoms with E-state index in [1.807, 2.05) is 30.3 Å². The van der Waals surface area contributed by atoms with Crippen LogP contribution in [-0.2, 0) is 5.54 Å². The molecule has 96 valence electrons. The van der Waals surface area contributed by atoms with Gasteiger partial charge in [-0.1, -0.05) is 43.2 Å². The summed E-state index contributed by atoms with van der Waals surface area (Å²) in [5.41, 5.74) is 5.64. The van der Waals surface area contributed by atoms with Crippen LogP contribution in [0.15, 0.2) is 30.3 Å². The van der Waals surface area contributed by atoms with Gasteiger partial charge in [0.25, 0.3) is 0 Å². The molecule has 4 N–H and O–H groups in total. The maximum atomic E-state index is 11.7. The monoisotopic (exact) mass is 247 g/mol. The van der Waals surface area contributed by atoms with E-state index in [1.54, 1.807) is 0 Å². The summed E-state index contributed by atoms with van der Waals surface area (Å²) in [6, 6.07) is 8.45. The Labute approximate surface area is 106 Å². The lowest BCUT2D eigenvalue weighted by Gasteiger charge is -2.30. The third-order valence-corrected chi connectivity index (χ3v) is 3.37. The summed E-state index contributed by atoms with van der Waals surface area (Å²) in [4.78, 5) is 22.3. The van der Waals surface area contributed by atoms with Gasteiger partial charge in [0.1, 0.15) is 0 Å². The van der Waals surface area contributed by atoms with Gasteiger partial charge in [-0.05, 0) is 18.4 Å². The van der Waals surface area contributed by atoms with Gasteiger partial charge in [-0.3, -0.25) is 5.32 Å². The number of hydrogen-bond acceptors (Lipinski definition) is 2. The Kier molecular flexibility index (Phi) is 3.50. The second kappa shape index (κ2) is 5.08. The van der Waals surface area contributed by atoms with Crippen molar-refractivity contribution in [2.75, 3.05) is 0 Å². The van der Waals surface area contributed by atoms with Gasteiger partial charge < -0.3 is 11.1 Å². The van der Waals surface area contributed by atoms with Crippen LogP contribution in [0.2, 0.25) is 0 Å². The topological polar surface area (TPSA) is 84.2 Å². The number of carbonyl (C=O) groups is 2. The van der Waals surface area contributed by atoms with E-state index in [2.05, 4.69) is 10.6 Å². The van der Waals surface area contributed by atoms with Crippen LogP contribution in [0.5, 0.6) is 0 Å². The van der Waals surface area contributed by atoms with E-state index in [0.717, 1.165) is 31.2 Å². The quantitative estimate of drug-likeness (QED) is 0.745. The number of nitrogens with one attached hydrogen (secondary N) is 2. The molecule has 5 heteroatoms. The standard InChI is InChI=1S/C13H17N3O2/c14-11(17)15-12(18)16-13(8-4-5-9-13)10-6-2-1-3-7-10/h1-3,6-7H,4-5,8-9H2,(H4,14,15,16,17,18). The maximum Gasteiger partial charge on any atom is 0.323 e. The van der Waals surface area contributed by atoms with E-state index in [9.17, 15) is 9.59 Å². The van der Waals surface area contributed by atoms with Crippen molar-refractivity contribution in [3.05, 3.63) is 35.9 Å². The molecule has 1 saturated carbocycles. The molecule has 1 fully saturated rings. The summed E-state index contributed by atoms with van der Waals surface area (Å²) in [5, 5.41) is 4.94. The number of amides is 4. The van der Waals surface area contributed by atoms with Crippen LogP contribution in [-0.4, -0.2) is 12.1 Å². The summed E-state index contributed by atoms with van der Waals surface area (Å²) >= 11 is 0. The molecule has 0 saturated heterocycles. The average Bonchev–Trinajstić information content (AvgIpc) is 2.79. The van der Waals surface area contributed by atoms with E-state index >= 15 is 0 Å². The summed E-state index contributed by atoms with van der Waals surface area (Å²) in [6.45, 7) is 0. The number of rotatable bonds is 2. The van der Waals surface area contributed by atoms with Crippen LogP contribution >= 0.6 is 0 Å². The predicted molar refractivity (Wildman–Crippen MR) is 67.8 cm³/mol. The highest BCUT2D eigenvalue weighted by atomic mass is 16.2. The third kappa shape index (κ3) is 2.61. The van der Waals surface area contributed by atoms with Crippen molar-refractivity contribution in [1.29, 1.82) is 0 Å². The highest BCUT2D eigenvalue weighted by Crippen LogP contribution is 2.38. The number of primary amides is 1. The number of hydrogen-bond donors (Lipinski definition) is 3. The minimum absolute atomic E-state index is 0.374. The van der Waals surface area contributed by atoms with Gasteiger partial charge in [-0.25, -0.2) is 9.59 Å². The fraction of sp³-hybridized carbons (Fsp3) is 0.385. The first-order valence-corrected chi connectivity index (χ1v) is 6.06. The molecule has 0 radical (unpaired) electrons. The molecular weight excluding hydrogens is 230 g/mol. The summed E-state index contributed by atoms with van der Waals surface area (Å²) in [5.74, 6) is 0. The number of imide groups is 1. The van der Waals surface area contributed by atoms with Gasteiger partial charge in [0.2, 0.25) is 0 Å². The molecule has 1 aromatic carbocycles. The fourth-order valence-electron chi connectivity index (χ4n) is 2.58. The van der Waals surface area contributed by atoms with Crippen molar-refractivity contribution in [1.82, 2.24) is 10.6 Å². The van der Waals surface area contributed by atoms with Crippen LogP contribution < -0.4 is 16.4 Å². The first-order chi connectivity index (χ1) is 8.62. The highest BCUT2D eigenvalue weighted by molar-refractivity contribution is 5.92. The van der Waals surface area contributed by atoms with Crippen LogP contribution in [0, 0.1) is 0 Å². The van der Waals surface area contributed by atoms with E-state index in [1.165, 1.54) is 0 Å². The molecule has 0 atom stereocenters. The van der Waals surface area contributed by atoms with Crippen LogP contribution in [0.25, 0.3) is 0 Å². The van der Waals surface area contributed by atoms with Crippen molar-refractivity contribution >= 4 is 12.1 Å². The van der Waals surface area contributed by atoms with Crippen LogP contribution in [0.1, 0.15) is 31.2 Å². The van der Waals surface area contributed by atoms with Crippen molar-refractivity contribution in [3.63, 3.8) is 0 Å². The lowest BCUT2D eigenvalue weighted by molar-refractivity contribution is 0.219. The van der Waals surface area contributed by atoms with E-state index in [4.69, 9.17) is 5.73 Å². The minimum atomic E-state index is -0.839. The van der Waals surface area contributed by atoms with Crippen LogP contribution in [0.4, 0.5) is 9.59 Å². The zero-order chi connectivity index (χ0) is 13.0. The van der Waals surface area contributed by atoms with E-state index < -0.39 is 12.1 Å². The molecule has 2 rings (SSSR count). The van der Waals surface area contributed by atoms with Crippen molar-refractivity contribution in [2.45, 2.75) is 31.2 Å². The number of nitrogens with two attached hydrogens (primary N) is 1. The molecule has 0 unspecified atom stereocenters. The Balaban J connectivity index is 2.18. The van der Waals surface area contributed by atoms with Crippen molar-refractivity contribution in [2.24, 2.45) is 5.73 Å². The van der Waals surface area contributed by atoms with Crippen molar-refractivity contribution in [3.8, 4) is 0 Å². The fourth-order valence-corrected chi connectivity index (χ4v) is 2.58. The second-order valence-corrected chi connectivity index (χ2v) is 4.60. The first kappa shape index (κ1) is 12.4. The largest absolute Gasteiger partial charge is 0.351 e. The van der Waals surface area contributed by atoms with Gasteiger partial charge in [0.15, 0.2) is 0 Å². The molecule has 0 spiro atoms. The molecule has 1 aliphatic carbocycles. The molecule has 18 heavy (non-hydrogen) atoms. The smallest absolute Gasteiger partial charge is 0.323 e. The Bertz CT molecular complexity index is 439. The Morgan fingerprint density at radius 2 is 1.72 bits per heavy atom. The highest BCUT2D eigenvalue weighted by Gasteiger charge is 2.37. The molecule has 0 heterocycles. The van der Waals surface area contributed by atoms with E-state index in [-0.39, 0.29) is 5.54 Å². The van der Waals surface area contributed by atoms with Crippen LogP contribution in [0.3, 0.4) is 0 Å². The summed E-state index contributed by atoms with van der Waals surface area (Å²) in [7, 11) is 0. The lowest BCUT2D eigenvalue weighted by Crippen LogP contribution is -2.51. The molecule has 1 aliphatic rings. The maximum absolute atomic E-state index is 11.7. The zero-order valence-corrected chi connectivity index (χ0v) is 10.1. The predicted octanol–water partition coefficient (Wildman–Crippen LogP) is 1.83. The zero-order valence-electron chi connectivity index (χ0n) is 10.1. The van der Waals surface area contributed by atoms with Gasteiger partial charge in [-0.15, -0.1) is 0 Å². The Morgan fingerprint density at radius 3 is 2.28 bits per heavy atom. The molecule has 0 bridgehead atoms. The SMILES string of the molecule is NC(=O)NC(=O)NC1(c2ccccc2)CCCC1. The van der Waals surface area contributed by atoms with Gasteiger partial charge in [0, 0.05) is 0 Å². The summed E-state index contributed by atoms with van der Waals surface area (Å²) in [6.07, 6.45) is 3.88. The van der Waals surface area contributed by atoms with E-state index in [0.29, 0.717) is 0 Å². The second-order valence-electron chi connectivity index (χ2n) is 4.60. The molecule has 0 aromatic heterocycles. The molecule has 1 aromatic rings. The molecule has 4 amide bonds. The van der Waals surface area contributed by atoms with Gasteiger partial charge in [-0.2, -0.15) is 0 Å². The Morgan fingerprint density at radius 1 is 1.11 bits per heavy atom. The minimum Gasteiger partial charge on any atom is -0.351 e. The van der Waals surface area contributed by atoms with Gasteiger partial charge >= 0.3 is 12.1 Å². The number of benzene rings is 1. The Hall–Kier alpha value is -2.04. The lowest BCUT2D eigenvalue weighted by atomic mass is 9.88. The number of carbonyl (C=O) groups excluding carboxylic acids is 2. The number of urea groups is 2. The molecular formula is C13H17N3O2.